The van der Waals surface area contributed by atoms with Crippen LogP contribution in [0.1, 0.15) is 53.0 Å². The highest BCUT2D eigenvalue weighted by molar-refractivity contribution is 7.99. The van der Waals surface area contributed by atoms with E-state index in [1.165, 1.54) is 34.5 Å². The summed E-state index contributed by atoms with van der Waals surface area (Å²) < 4.78 is 2.46. The third-order valence-electron chi connectivity index (χ3n) is 5.89. The molecule has 2 heterocycles. The lowest BCUT2D eigenvalue weighted by Crippen LogP contribution is -2.22. The summed E-state index contributed by atoms with van der Waals surface area (Å²) in [5.74, 6) is 1.03. The van der Waals surface area contributed by atoms with Crippen LogP contribution in [-0.4, -0.2) is 21.2 Å². The maximum Gasteiger partial charge on any atom is 0.251 e. The summed E-state index contributed by atoms with van der Waals surface area (Å²) in [6.07, 6.45) is 7.04. The highest BCUT2D eigenvalue weighted by Gasteiger charge is 2.27. The molecule has 1 fully saturated rings. The molecule has 1 aliphatic rings. The van der Waals surface area contributed by atoms with Crippen molar-refractivity contribution in [3.05, 3.63) is 95.4 Å². The molecule has 0 bridgehead atoms. The Kier molecular flexibility index (Phi) is 5.99. The van der Waals surface area contributed by atoms with Crippen LogP contribution in [0.15, 0.2) is 78.0 Å². The fourth-order valence-electron chi connectivity index (χ4n) is 4.20. The first-order valence-corrected chi connectivity index (χ1v) is 12.2. The number of carbonyl (C=O) groups excluding carboxylic acids is 1. The van der Waals surface area contributed by atoms with Crippen molar-refractivity contribution < 1.29 is 4.79 Å². The number of pyridine rings is 1. The van der Waals surface area contributed by atoms with Crippen LogP contribution in [0, 0.1) is 0 Å². The number of rotatable bonds is 8. The Hall–Kier alpha value is -3.05. The van der Waals surface area contributed by atoms with Gasteiger partial charge < -0.3 is 9.88 Å². The zero-order valence-electron chi connectivity index (χ0n) is 18.3. The first kappa shape index (κ1) is 20.8. The van der Waals surface area contributed by atoms with Crippen molar-refractivity contribution in [1.82, 2.24) is 14.9 Å². The average Bonchev–Trinajstić information content (AvgIpc) is 3.59. The van der Waals surface area contributed by atoms with E-state index >= 15 is 0 Å². The van der Waals surface area contributed by atoms with E-state index in [1.54, 1.807) is 0 Å². The van der Waals surface area contributed by atoms with Crippen molar-refractivity contribution >= 4 is 28.6 Å². The topological polar surface area (TPSA) is 46.9 Å². The molecule has 2 aromatic carbocycles. The number of thioether (sulfide) groups is 1. The van der Waals surface area contributed by atoms with Gasteiger partial charge in [-0.05, 0) is 72.2 Å². The smallest absolute Gasteiger partial charge is 0.251 e. The van der Waals surface area contributed by atoms with Gasteiger partial charge in [-0.15, -0.1) is 11.8 Å². The van der Waals surface area contributed by atoms with Crippen LogP contribution in [0.4, 0.5) is 0 Å². The van der Waals surface area contributed by atoms with Crippen LogP contribution in [-0.2, 0) is 13.0 Å². The number of nitrogens with zero attached hydrogens (tertiary/aromatic N) is 2. The molecule has 0 unspecified atom stereocenters. The second-order valence-corrected chi connectivity index (χ2v) is 9.65. The van der Waals surface area contributed by atoms with Gasteiger partial charge in [0, 0.05) is 58.5 Å². The minimum atomic E-state index is -0.0353. The molecular formula is C27H27N3OS. The Balaban J connectivity index is 1.34. The van der Waals surface area contributed by atoms with Crippen LogP contribution in [0.5, 0.6) is 0 Å². The Morgan fingerprint density at radius 2 is 1.94 bits per heavy atom. The molecule has 1 saturated carbocycles. The zero-order valence-corrected chi connectivity index (χ0v) is 19.1. The molecule has 0 radical (unpaired) electrons. The van der Waals surface area contributed by atoms with Gasteiger partial charge in [-0.2, -0.15) is 0 Å². The Bertz CT molecular complexity index is 1230. The van der Waals surface area contributed by atoms with Crippen LogP contribution < -0.4 is 5.32 Å². The molecule has 0 atom stereocenters. The second-order valence-electron chi connectivity index (χ2n) is 8.31. The van der Waals surface area contributed by atoms with Crippen molar-refractivity contribution in [2.45, 2.75) is 43.7 Å². The first-order chi connectivity index (χ1) is 15.7. The van der Waals surface area contributed by atoms with Crippen molar-refractivity contribution in [3.63, 3.8) is 0 Å². The second kappa shape index (κ2) is 9.21. The van der Waals surface area contributed by atoms with Crippen molar-refractivity contribution in [3.8, 4) is 0 Å². The maximum atomic E-state index is 12.8. The van der Waals surface area contributed by atoms with Crippen LogP contribution in [0.25, 0.3) is 10.9 Å². The van der Waals surface area contributed by atoms with Crippen LogP contribution in [0.3, 0.4) is 0 Å². The minimum absolute atomic E-state index is 0.0353. The maximum absolute atomic E-state index is 12.8. The third-order valence-corrected chi connectivity index (χ3v) is 6.78. The van der Waals surface area contributed by atoms with Crippen molar-refractivity contribution in [1.29, 1.82) is 0 Å². The lowest BCUT2D eigenvalue weighted by Gasteiger charge is -2.10. The molecular weight excluding hydrogens is 414 g/mol. The van der Waals surface area contributed by atoms with E-state index in [0.29, 0.717) is 18.2 Å². The first-order valence-electron chi connectivity index (χ1n) is 11.2. The summed E-state index contributed by atoms with van der Waals surface area (Å²) in [5, 5.41) is 4.20. The molecule has 32 heavy (non-hydrogen) atoms. The third kappa shape index (κ3) is 4.58. The minimum Gasteiger partial charge on any atom is -0.348 e. The largest absolute Gasteiger partial charge is 0.348 e. The molecule has 162 valence electrons. The van der Waals surface area contributed by atoms with Gasteiger partial charge in [0.2, 0.25) is 0 Å². The fourth-order valence-corrected chi connectivity index (χ4v) is 4.86. The lowest BCUT2D eigenvalue weighted by atomic mass is 10.1. The van der Waals surface area contributed by atoms with Gasteiger partial charge in [0.1, 0.15) is 0 Å². The molecule has 0 saturated heterocycles. The number of amides is 1. The molecule has 4 nitrogen and oxygen atoms in total. The highest BCUT2D eigenvalue weighted by Crippen LogP contribution is 2.40. The standard InChI is InChI=1S/C27H27N3OS/c1-2-32-25-10-5-19(6-11-25)18-29-27(31)21-7-12-26-22(15-21)16-24(30(26)23-8-9-23)14-20-4-3-13-28-17-20/h3-7,10-13,15-17,23H,2,8-9,14,18H2,1H3,(H,29,31). The SMILES string of the molecule is CCSc1ccc(CNC(=O)c2ccc3c(c2)cc(Cc2cccnc2)n3C2CC2)cc1. The van der Waals surface area contributed by atoms with E-state index in [4.69, 9.17) is 0 Å². The summed E-state index contributed by atoms with van der Waals surface area (Å²) in [7, 11) is 0. The fraction of sp³-hybridized carbons (Fsp3) is 0.259. The van der Waals surface area contributed by atoms with Gasteiger partial charge in [-0.1, -0.05) is 25.1 Å². The molecule has 0 aliphatic heterocycles. The van der Waals surface area contributed by atoms with E-state index in [0.717, 1.165) is 23.1 Å². The monoisotopic (exact) mass is 441 g/mol. The van der Waals surface area contributed by atoms with E-state index in [9.17, 15) is 4.79 Å². The van der Waals surface area contributed by atoms with Gasteiger partial charge in [-0.3, -0.25) is 9.78 Å². The highest BCUT2D eigenvalue weighted by atomic mass is 32.2. The number of aromatic nitrogens is 2. The zero-order chi connectivity index (χ0) is 21.9. The molecule has 4 aromatic rings. The van der Waals surface area contributed by atoms with Crippen LogP contribution in [0.2, 0.25) is 0 Å². The van der Waals surface area contributed by atoms with E-state index in [-0.39, 0.29) is 5.91 Å². The predicted molar refractivity (Wildman–Crippen MR) is 131 cm³/mol. The molecule has 1 N–H and O–H groups in total. The van der Waals surface area contributed by atoms with E-state index < -0.39 is 0 Å². The number of carbonyl (C=O) groups is 1. The number of hydrogen-bond donors (Lipinski definition) is 1. The van der Waals surface area contributed by atoms with Crippen molar-refractivity contribution in [2.24, 2.45) is 0 Å². The molecule has 5 rings (SSSR count). The summed E-state index contributed by atoms with van der Waals surface area (Å²) in [6.45, 7) is 2.68. The van der Waals surface area contributed by atoms with E-state index in [2.05, 4.69) is 64.3 Å². The van der Waals surface area contributed by atoms with Crippen LogP contribution >= 0.6 is 11.8 Å². The van der Waals surface area contributed by atoms with Gasteiger partial charge >= 0.3 is 0 Å². The number of nitrogens with one attached hydrogen (secondary N) is 1. The summed E-state index contributed by atoms with van der Waals surface area (Å²) >= 11 is 1.82. The molecule has 1 amide bonds. The lowest BCUT2D eigenvalue weighted by molar-refractivity contribution is 0.0951. The predicted octanol–water partition coefficient (Wildman–Crippen LogP) is 6.00. The summed E-state index contributed by atoms with van der Waals surface area (Å²) in [5.41, 5.74) is 5.53. The van der Waals surface area contributed by atoms with Gasteiger partial charge in [0.05, 0.1) is 0 Å². The summed E-state index contributed by atoms with van der Waals surface area (Å²) in [4.78, 5) is 18.3. The molecule has 2 aromatic heterocycles. The quantitative estimate of drug-likeness (QED) is 0.341. The van der Waals surface area contributed by atoms with Gasteiger partial charge in [-0.25, -0.2) is 0 Å². The van der Waals surface area contributed by atoms with Crippen molar-refractivity contribution in [2.75, 3.05) is 5.75 Å². The van der Waals surface area contributed by atoms with Gasteiger partial charge in [0.25, 0.3) is 5.91 Å². The average molecular weight is 442 g/mol. The molecule has 5 heteroatoms. The normalized spacial score (nSPS) is 13.4. The Morgan fingerprint density at radius 3 is 2.66 bits per heavy atom. The molecule has 0 spiro atoms. The van der Waals surface area contributed by atoms with E-state index in [1.807, 2.05) is 42.4 Å². The Labute approximate surface area is 193 Å². The Morgan fingerprint density at radius 1 is 1.09 bits per heavy atom. The van der Waals surface area contributed by atoms with Gasteiger partial charge in [0.15, 0.2) is 0 Å². The number of hydrogen-bond acceptors (Lipinski definition) is 3. The molecule has 1 aliphatic carbocycles. The number of fused-ring (bicyclic) bond motifs is 1. The number of benzene rings is 2. The summed E-state index contributed by atoms with van der Waals surface area (Å²) in [6, 6.07) is 21.4.